The van der Waals surface area contributed by atoms with Gasteiger partial charge in [0.05, 0.1) is 11.4 Å². The van der Waals surface area contributed by atoms with Gasteiger partial charge < -0.3 is 14.6 Å². The summed E-state index contributed by atoms with van der Waals surface area (Å²) >= 11 is 5.97. The van der Waals surface area contributed by atoms with Crippen LogP contribution in [-0.4, -0.2) is 30.1 Å². The van der Waals surface area contributed by atoms with Crippen LogP contribution in [-0.2, 0) is 4.79 Å². The van der Waals surface area contributed by atoms with Crippen LogP contribution >= 0.6 is 11.6 Å². The summed E-state index contributed by atoms with van der Waals surface area (Å²) in [5, 5.41) is 8.79. The molecule has 0 bridgehead atoms. The summed E-state index contributed by atoms with van der Waals surface area (Å²) in [6.45, 7) is 0.854. The number of ether oxygens (including phenoxy) is 2. The molecule has 0 atom stereocenters. The summed E-state index contributed by atoms with van der Waals surface area (Å²) in [5.41, 5.74) is 0.266. The second-order valence-electron chi connectivity index (χ2n) is 3.79. The molecule has 0 aliphatic carbocycles. The summed E-state index contributed by atoms with van der Waals surface area (Å²) < 4.78 is 10.7. The molecule has 18 heavy (non-hydrogen) atoms. The van der Waals surface area contributed by atoms with Crippen molar-refractivity contribution in [1.82, 2.24) is 0 Å². The summed E-state index contributed by atoms with van der Waals surface area (Å²) in [5.74, 6) is -0.373. The summed E-state index contributed by atoms with van der Waals surface area (Å²) in [7, 11) is 0. The van der Waals surface area contributed by atoms with Crippen LogP contribution in [0.1, 0.15) is 23.2 Å². The Bertz CT molecular complexity index is 497. The van der Waals surface area contributed by atoms with E-state index < -0.39 is 5.97 Å². The number of benzene rings is 1. The minimum atomic E-state index is -1.02. The van der Waals surface area contributed by atoms with E-state index in [2.05, 4.69) is 0 Å². The second kappa shape index (κ2) is 5.27. The number of carbonyl (C=O) groups is 2. The first-order chi connectivity index (χ1) is 8.58. The lowest BCUT2D eigenvalue weighted by Crippen LogP contribution is -2.16. The van der Waals surface area contributed by atoms with Gasteiger partial charge >= 0.3 is 5.97 Å². The Morgan fingerprint density at radius 2 is 1.78 bits per heavy atom. The highest BCUT2D eigenvalue weighted by molar-refractivity contribution is 6.34. The zero-order chi connectivity index (χ0) is 13.1. The van der Waals surface area contributed by atoms with Gasteiger partial charge in [-0.3, -0.25) is 9.59 Å². The maximum atomic E-state index is 11.8. The fraction of sp³-hybridized carbons (Fsp3) is 0.333. The van der Waals surface area contributed by atoms with Gasteiger partial charge in [0, 0.05) is 18.1 Å². The number of carboxylic acids is 1. The van der Waals surface area contributed by atoms with Gasteiger partial charge in [-0.15, -0.1) is 0 Å². The van der Waals surface area contributed by atoms with Gasteiger partial charge in [0.2, 0.25) is 0 Å². The molecule has 0 spiro atoms. The minimum Gasteiger partial charge on any atom is -0.486 e. The predicted molar refractivity (Wildman–Crippen MR) is 63.6 cm³/mol. The second-order valence-corrected chi connectivity index (χ2v) is 4.20. The molecule has 1 aromatic rings. The molecule has 1 N–H and O–H groups in total. The molecular weight excluding hydrogens is 260 g/mol. The van der Waals surface area contributed by atoms with Crippen LogP contribution in [0.15, 0.2) is 12.1 Å². The molecule has 96 valence electrons. The maximum Gasteiger partial charge on any atom is 0.303 e. The van der Waals surface area contributed by atoms with E-state index in [0.717, 1.165) is 0 Å². The number of ketones is 1. The zero-order valence-electron chi connectivity index (χ0n) is 9.44. The van der Waals surface area contributed by atoms with Crippen LogP contribution in [0, 0.1) is 0 Å². The highest BCUT2D eigenvalue weighted by Gasteiger charge is 2.19. The third-order valence-electron chi connectivity index (χ3n) is 2.50. The van der Waals surface area contributed by atoms with E-state index in [1.54, 1.807) is 0 Å². The van der Waals surface area contributed by atoms with Crippen molar-refractivity contribution in [3.63, 3.8) is 0 Å². The Balaban J connectivity index is 2.22. The molecule has 1 aromatic carbocycles. The summed E-state index contributed by atoms with van der Waals surface area (Å²) in [6, 6.07) is 3.02. The average molecular weight is 271 g/mol. The number of rotatable bonds is 4. The first-order valence-corrected chi connectivity index (χ1v) is 5.80. The van der Waals surface area contributed by atoms with Crippen molar-refractivity contribution < 1.29 is 24.2 Å². The smallest absolute Gasteiger partial charge is 0.303 e. The van der Waals surface area contributed by atoms with Crippen LogP contribution in [0.4, 0.5) is 0 Å². The average Bonchev–Trinajstić information content (AvgIpc) is 2.35. The van der Waals surface area contributed by atoms with Gasteiger partial charge in [0.25, 0.3) is 0 Å². The lowest BCUT2D eigenvalue weighted by Gasteiger charge is -2.19. The van der Waals surface area contributed by atoms with Gasteiger partial charge in [0.1, 0.15) is 13.2 Å². The third-order valence-corrected chi connectivity index (χ3v) is 2.81. The first kappa shape index (κ1) is 12.7. The Hall–Kier alpha value is -1.75. The Kier molecular flexibility index (Phi) is 3.72. The van der Waals surface area contributed by atoms with E-state index in [1.807, 2.05) is 0 Å². The lowest BCUT2D eigenvalue weighted by atomic mass is 10.1. The van der Waals surface area contributed by atoms with E-state index in [9.17, 15) is 9.59 Å². The molecule has 2 rings (SSSR count). The molecule has 6 heteroatoms. The number of carboxylic acid groups (broad SMARTS) is 1. The third kappa shape index (κ3) is 2.73. The van der Waals surface area contributed by atoms with Gasteiger partial charge in [-0.25, -0.2) is 0 Å². The Labute approximate surface area is 108 Å². The number of halogens is 1. The lowest BCUT2D eigenvalue weighted by molar-refractivity contribution is -0.136. The quantitative estimate of drug-likeness (QED) is 0.849. The predicted octanol–water partition coefficient (Wildman–Crippen LogP) is 2.16. The molecule has 0 fully saturated rings. The van der Waals surface area contributed by atoms with E-state index in [0.29, 0.717) is 24.7 Å². The van der Waals surface area contributed by atoms with Crippen molar-refractivity contribution in [3.05, 3.63) is 22.7 Å². The molecule has 0 amide bonds. The highest BCUT2D eigenvalue weighted by Crippen LogP contribution is 2.35. The van der Waals surface area contributed by atoms with E-state index >= 15 is 0 Å². The number of hydrogen-bond acceptors (Lipinski definition) is 4. The highest BCUT2D eigenvalue weighted by atomic mass is 35.5. The van der Waals surface area contributed by atoms with Crippen LogP contribution < -0.4 is 9.47 Å². The molecule has 0 saturated heterocycles. The van der Waals surface area contributed by atoms with Crippen LogP contribution in [0.5, 0.6) is 11.5 Å². The first-order valence-electron chi connectivity index (χ1n) is 5.42. The van der Waals surface area contributed by atoms with Crippen molar-refractivity contribution in [2.24, 2.45) is 0 Å². The molecule has 1 aliphatic rings. The topological polar surface area (TPSA) is 72.8 Å². The molecule has 1 heterocycles. The normalized spacial score (nSPS) is 13.2. The maximum absolute atomic E-state index is 11.8. The molecule has 0 saturated carbocycles. The van der Waals surface area contributed by atoms with Crippen molar-refractivity contribution in [2.45, 2.75) is 12.8 Å². The number of fused-ring (bicyclic) bond motifs is 1. The van der Waals surface area contributed by atoms with Crippen molar-refractivity contribution in [2.75, 3.05) is 13.2 Å². The number of aliphatic carboxylic acids is 1. The van der Waals surface area contributed by atoms with Crippen LogP contribution in [0.25, 0.3) is 0 Å². The number of hydrogen-bond donors (Lipinski definition) is 1. The van der Waals surface area contributed by atoms with Crippen LogP contribution in [0.3, 0.4) is 0 Å². The van der Waals surface area contributed by atoms with Crippen molar-refractivity contribution >= 4 is 23.4 Å². The van der Waals surface area contributed by atoms with E-state index in [-0.39, 0.29) is 29.2 Å². The SMILES string of the molecule is O=C(O)CCC(=O)c1cc2c(cc1Cl)OCCO2. The fourth-order valence-electron chi connectivity index (χ4n) is 1.63. The Morgan fingerprint density at radius 1 is 1.17 bits per heavy atom. The summed E-state index contributed by atoms with van der Waals surface area (Å²) in [4.78, 5) is 22.2. The Morgan fingerprint density at radius 3 is 2.39 bits per heavy atom. The molecular formula is C12H11ClO5. The van der Waals surface area contributed by atoms with Gasteiger partial charge in [0.15, 0.2) is 17.3 Å². The van der Waals surface area contributed by atoms with Gasteiger partial charge in [-0.1, -0.05) is 11.6 Å². The molecule has 0 aromatic heterocycles. The van der Waals surface area contributed by atoms with Crippen molar-refractivity contribution in [1.29, 1.82) is 0 Å². The minimum absolute atomic E-state index is 0.0886. The fourth-order valence-corrected chi connectivity index (χ4v) is 1.89. The molecule has 0 unspecified atom stereocenters. The van der Waals surface area contributed by atoms with Gasteiger partial charge in [-0.2, -0.15) is 0 Å². The number of Topliss-reactive ketones (excluding diaryl/α,β-unsaturated/α-hetero) is 1. The standard InChI is InChI=1S/C12H11ClO5/c13-8-6-11-10(17-3-4-18-11)5-7(8)9(14)1-2-12(15)16/h5-6H,1-4H2,(H,15,16). The molecule has 1 aliphatic heterocycles. The van der Waals surface area contributed by atoms with Crippen molar-refractivity contribution in [3.8, 4) is 11.5 Å². The zero-order valence-corrected chi connectivity index (χ0v) is 10.2. The largest absolute Gasteiger partial charge is 0.486 e. The van der Waals surface area contributed by atoms with Gasteiger partial charge in [-0.05, 0) is 6.07 Å². The molecule has 0 radical (unpaired) electrons. The summed E-state index contributed by atoms with van der Waals surface area (Å²) in [6.07, 6.45) is -0.307. The van der Waals surface area contributed by atoms with E-state index in [4.69, 9.17) is 26.2 Å². The molecule has 5 nitrogen and oxygen atoms in total. The number of carbonyl (C=O) groups excluding carboxylic acids is 1. The monoisotopic (exact) mass is 270 g/mol. The van der Waals surface area contributed by atoms with Crippen LogP contribution in [0.2, 0.25) is 5.02 Å². The van der Waals surface area contributed by atoms with E-state index in [1.165, 1.54) is 12.1 Å².